The number of carbonyl (C=O) groups excluding carboxylic acids is 1. The van der Waals surface area contributed by atoms with Crippen molar-refractivity contribution in [3.63, 3.8) is 0 Å². The third-order valence-electron chi connectivity index (χ3n) is 4.39. The van der Waals surface area contributed by atoms with Crippen LogP contribution in [0.25, 0.3) is 0 Å². The third-order valence-corrected chi connectivity index (χ3v) is 4.39. The van der Waals surface area contributed by atoms with Gasteiger partial charge in [-0.15, -0.1) is 0 Å². The van der Waals surface area contributed by atoms with Crippen molar-refractivity contribution in [3.05, 3.63) is 71.0 Å². The smallest absolute Gasteiger partial charge is 0.228 e. The number of halogens is 1. The predicted molar refractivity (Wildman–Crippen MR) is 85.1 cm³/mol. The standard InChI is InChI=1S/C19H20FNO/c1-13(15-8-4-9-16(20)12-15)21-19(22)18-11-5-7-14-6-2-3-10-17(14)18/h2-4,6,8-10,12-13,18H,5,7,11H2,1H3,(H,21,22)/t13-,18+/m0/s1. The molecule has 0 radical (unpaired) electrons. The van der Waals surface area contributed by atoms with Crippen molar-refractivity contribution >= 4 is 5.91 Å². The lowest BCUT2D eigenvalue weighted by molar-refractivity contribution is -0.123. The minimum atomic E-state index is -0.276. The fourth-order valence-corrected chi connectivity index (χ4v) is 3.20. The quantitative estimate of drug-likeness (QED) is 0.907. The number of nitrogens with one attached hydrogen (secondary N) is 1. The van der Waals surface area contributed by atoms with Crippen LogP contribution in [0.5, 0.6) is 0 Å². The number of benzene rings is 2. The highest BCUT2D eigenvalue weighted by Gasteiger charge is 2.27. The summed E-state index contributed by atoms with van der Waals surface area (Å²) in [7, 11) is 0. The molecule has 22 heavy (non-hydrogen) atoms. The summed E-state index contributed by atoms with van der Waals surface area (Å²) in [4.78, 5) is 12.6. The van der Waals surface area contributed by atoms with Gasteiger partial charge in [-0.25, -0.2) is 4.39 Å². The van der Waals surface area contributed by atoms with Gasteiger partial charge in [0.15, 0.2) is 0 Å². The molecule has 0 saturated carbocycles. The maximum Gasteiger partial charge on any atom is 0.228 e. The largest absolute Gasteiger partial charge is 0.349 e. The molecule has 1 aliphatic carbocycles. The predicted octanol–water partition coefficient (Wildman–Crippen LogP) is 4.12. The molecule has 0 unspecified atom stereocenters. The van der Waals surface area contributed by atoms with Gasteiger partial charge in [-0.05, 0) is 55.0 Å². The molecule has 114 valence electrons. The van der Waals surface area contributed by atoms with Gasteiger partial charge in [-0.3, -0.25) is 4.79 Å². The Morgan fingerprint density at radius 2 is 2.05 bits per heavy atom. The first-order valence-electron chi connectivity index (χ1n) is 7.79. The van der Waals surface area contributed by atoms with Gasteiger partial charge >= 0.3 is 0 Å². The molecule has 0 aromatic heterocycles. The molecule has 1 amide bonds. The lowest BCUT2D eigenvalue weighted by atomic mass is 9.82. The molecule has 2 atom stereocenters. The molecule has 0 saturated heterocycles. The van der Waals surface area contributed by atoms with Crippen molar-refractivity contribution in [2.75, 3.05) is 0 Å². The van der Waals surface area contributed by atoms with Crippen molar-refractivity contribution < 1.29 is 9.18 Å². The minimum absolute atomic E-state index is 0.0314. The Kier molecular flexibility index (Phi) is 4.23. The summed E-state index contributed by atoms with van der Waals surface area (Å²) in [6.45, 7) is 1.89. The second kappa shape index (κ2) is 6.30. The maximum atomic E-state index is 13.3. The summed E-state index contributed by atoms with van der Waals surface area (Å²) in [6.07, 6.45) is 2.95. The molecule has 3 rings (SSSR count). The van der Waals surface area contributed by atoms with Crippen molar-refractivity contribution in [1.82, 2.24) is 5.32 Å². The van der Waals surface area contributed by atoms with E-state index >= 15 is 0 Å². The average Bonchev–Trinajstić information content (AvgIpc) is 2.54. The molecule has 1 aliphatic rings. The van der Waals surface area contributed by atoms with Gasteiger partial charge in [-0.2, -0.15) is 0 Å². The molecule has 2 aromatic carbocycles. The summed E-state index contributed by atoms with van der Waals surface area (Å²) < 4.78 is 13.3. The lowest BCUT2D eigenvalue weighted by Crippen LogP contribution is -2.33. The SMILES string of the molecule is C[C@H](NC(=O)[C@@H]1CCCc2ccccc21)c1cccc(F)c1. The van der Waals surface area contributed by atoms with E-state index in [9.17, 15) is 9.18 Å². The van der Waals surface area contributed by atoms with E-state index in [2.05, 4.69) is 11.4 Å². The Morgan fingerprint density at radius 1 is 1.23 bits per heavy atom. The molecule has 0 bridgehead atoms. The molecule has 2 aromatic rings. The monoisotopic (exact) mass is 297 g/mol. The summed E-state index contributed by atoms with van der Waals surface area (Å²) in [5.74, 6) is -0.341. The van der Waals surface area contributed by atoms with Gasteiger partial charge in [0.25, 0.3) is 0 Å². The van der Waals surface area contributed by atoms with Crippen LogP contribution in [-0.2, 0) is 11.2 Å². The first-order chi connectivity index (χ1) is 10.6. The number of aryl methyl sites for hydroxylation is 1. The van der Waals surface area contributed by atoms with Gasteiger partial charge in [-0.1, -0.05) is 36.4 Å². The van der Waals surface area contributed by atoms with E-state index in [4.69, 9.17) is 0 Å². The highest BCUT2D eigenvalue weighted by molar-refractivity contribution is 5.84. The van der Waals surface area contributed by atoms with Crippen molar-refractivity contribution in [1.29, 1.82) is 0 Å². The third kappa shape index (κ3) is 3.03. The highest BCUT2D eigenvalue weighted by Crippen LogP contribution is 2.32. The Morgan fingerprint density at radius 3 is 2.86 bits per heavy atom. The molecule has 0 heterocycles. The van der Waals surface area contributed by atoms with Crippen LogP contribution in [0.3, 0.4) is 0 Å². The van der Waals surface area contributed by atoms with Crippen LogP contribution in [0, 0.1) is 5.82 Å². The molecular formula is C19H20FNO. The lowest BCUT2D eigenvalue weighted by Gasteiger charge is -2.26. The molecule has 1 N–H and O–H groups in total. The van der Waals surface area contributed by atoms with Gasteiger partial charge in [0.2, 0.25) is 5.91 Å². The Labute approximate surface area is 130 Å². The van der Waals surface area contributed by atoms with Crippen LogP contribution in [0.4, 0.5) is 4.39 Å². The minimum Gasteiger partial charge on any atom is -0.349 e. The average molecular weight is 297 g/mol. The molecule has 0 aliphatic heterocycles. The first kappa shape index (κ1) is 14.8. The number of rotatable bonds is 3. The van der Waals surface area contributed by atoms with E-state index in [-0.39, 0.29) is 23.7 Å². The van der Waals surface area contributed by atoms with Gasteiger partial charge < -0.3 is 5.32 Å². The van der Waals surface area contributed by atoms with Crippen LogP contribution in [0.15, 0.2) is 48.5 Å². The fraction of sp³-hybridized carbons (Fsp3) is 0.316. The second-order valence-corrected chi connectivity index (χ2v) is 5.93. The van der Waals surface area contributed by atoms with E-state index in [0.29, 0.717) is 0 Å². The molecule has 0 fully saturated rings. The van der Waals surface area contributed by atoms with Gasteiger partial charge in [0.05, 0.1) is 12.0 Å². The zero-order valence-corrected chi connectivity index (χ0v) is 12.7. The topological polar surface area (TPSA) is 29.1 Å². The number of carbonyl (C=O) groups is 1. The first-order valence-corrected chi connectivity index (χ1v) is 7.79. The Balaban J connectivity index is 1.75. The zero-order valence-electron chi connectivity index (χ0n) is 12.7. The zero-order chi connectivity index (χ0) is 15.5. The Hall–Kier alpha value is -2.16. The maximum absolute atomic E-state index is 13.3. The van der Waals surface area contributed by atoms with Gasteiger partial charge in [0, 0.05) is 0 Å². The summed E-state index contributed by atoms with van der Waals surface area (Å²) in [5.41, 5.74) is 3.20. The van der Waals surface area contributed by atoms with Crippen LogP contribution < -0.4 is 5.32 Å². The molecule has 2 nitrogen and oxygen atoms in total. The molecule has 3 heteroatoms. The summed E-state index contributed by atoms with van der Waals surface area (Å²) >= 11 is 0. The van der Waals surface area contributed by atoms with E-state index in [1.54, 1.807) is 6.07 Å². The van der Waals surface area contributed by atoms with E-state index in [0.717, 1.165) is 30.4 Å². The van der Waals surface area contributed by atoms with E-state index < -0.39 is 0 Å². The number of hydrogen-bond acceptors (Lipinski definition) is 1. The van der Waals surface area contributed by atoms with Crippen molar-refractivity contribution in [2.24, 2.45) is 0 Å². The van der Waals surface area contributed by atoms with Crippen molar-refractivity contribution in [2.45, 2.75) is 38.1 Å². The second-order valence-electron chi connectivity index (χ2n) is 5.93. The highest BCUT2D eigenvalue weighted by atomic mass is 19.1. The van der Waals surface area contributed by atoms with Crippen LogP contribution >= 0.6 is 0 Å². The summed E-state index contributed by atoms with van der Waals surface area (Å²) in [5, 5.41) is 3.03. The Bertz CT molecular complexity index is 683. The van der Waals surface area contributed by atoms with E-state index in [1.165, 1.54) is 17.7 Å². The summed E-state index contributed by atoms with van der Waals surface area (Å²) in [6, 6.07) is 14.4. The fourth-order valence-electron chi connectivity index (χ4n) is 3.20. The van der Waals surface area contributed by atoms with Gasteiger partial charge in [0.1, 0.15) is 5.82 Å². The van der Waals surface area contributed by atoms with Crippen molar-refractivity contribution in [3.8, 4) is 0 Å². The van der Waals surface area contributed by atoms with Crippen LogP contribution in [-0.4, -0.2) is 5.91 Å². The van der Waals surface area contributed by atoms with E-state index in [1.807, 2.05) is 31.2 Å². The van der Waals surface area contributed by atoms with Crippen LogP contribution in [0.1, 0.15) is 48.4 Å². The number of hydrogen-bond donors (Lipinski definition) is 1. The normalized spacial score (nSPS) is 18.4. The molecule has 0 spiro atoms. The molecular weight excluding hydrogens is 277 g/mol. The number of amides is 1. The van der Waals surface area contributed by atoms with Crippen LogP contribution in [0.2, 0.25) is 0 Å². The number of fused-ring (bicyclic) bond motifs is 1.